The van der Waals surface area contributed by atoms with Gasteiger partial charge in [0.2, 0.25) is 11.9 Å². The lowest BCUT2D eigenvalue weighted by Gasteiger charge is -1.96. The number of hydrogen-bond donors (Lipinski definition) is 1. The molecule has 1 fully saturated rings. The molecule has 5 nitrogen and oxygen atoms in total. The smallest absolute Gasteiger partial charge is 0.249 e. The second kappa shape index (κ2) is 3.33. The lowest BCUT2D eigenvalue weighted by Crippen LogP contribution is -2.16. The zero-order valence-electron chi connectivity index (χ0n) is 8.97. The largest absolute Gasteiger partial charge is 0.293 e. The summed E-state index contributed by atoms with van der Waals surface area (Å²) in [4.78, 5) is 15.8. The zero-order valence-corrected chi connectivity index (χ0v) is 8.97. The number of aromatic nitrogens is 3. The third-order valence-corrected chi connectivity index (χ3v) is 2.73. The van der Waals surface area contributed by atoms with Gasteiger partial charge in [-0.2, -0.15) is 4.98 Å². The summed E-state index contributed by atoms with van der Waals surface area (Å²) in [6, 6.07) is 5.74. The van der Waals surface area contributed by atoms with Gasteiger partial charge in [-0.1, -0.05) is 12.1 Å². The van der Waals surface area contributed by atoms with Gasteiger partial charge < -0.3 is 0 Å². The molecule has 0 aliphatic heterocycles. The highest BCUT2D eigenvalue weighted by Gasteiger charge is 2.30. The Labute approximate surface area is 93.3 Å². The van der Waals surface area contributed by atoms with Gasteiger partial charge >= 0.3 is 0 Å². The van der Waals surface area contributed by atoms with Gasteiger partial charge in [-0.15, -0.1) is 5.10 Å². The molecule has 80 valence electrons. The molecule has 0 saturated heterocycles. The van der Waals surface area contributed by atoms with Crippen LogP contribution < -0.4 is 10.9 Å². The van der Waals surface area contributed by atoms with Crippen LogP contribution in [0.3, 0.4) is 0 Å². The van der Waals surface area contributed by atoms with Gasteiger partial charge in [0.25, 0.3) is 0 Å². The zero-order chi connectivity index (χ0) is 11.1. The van der Waals surface area contributed by atoms with Gasteiger partial charge in [0, 0.05) is 5.92 Å². The Balaban J connectivity index is 1.92. The average molecular weight is 214 g/mol. The van der Waals surface area contributed by atoms with Crippen LogP contribution in [-0.2, 0) is 4.79 Å². The molecule has 3 rings (SSSR count). The predicted molar refractivity (Wildman–Crippen MR) is 62.5 cm³/mol. The van der Waals surface area contributed by atoms with Crippen molar-refractivity contribution >= 4 is 30.9 Å². The summed E-state index contributed by atoms with van der Waals surface area (Å²) in [6.45, 7) is 0. The van der Waals surface area contributed by atoms with Crippen LogP contribution in [0.1, 0.15) is 12.8 Å². The maximum Gasteiger partial charge on any atom is 0.249 e. The van der Waals surface area contributed by atoms with Crippen LogP contribution in [-0.4, -0.2) is 28.4 Å². The van der Waals surface area contributed by atoms with Crippen LogP contribution >= 0.6 is 0 Å². The van der Waals surface area contributed by atoms with Crippen LogP contribution in [0.15, 0.2) is 18.2 Å². The Morgan fingerprint density at radius 3 is 3.00 bits per heavy atom. The Morgan fingerprint density at radius 1 is 1.50 bits per heavy atom. The minimum Gasteiger partial charge on any atom is -0.293 e. The lowest BCUT2D eigenvalue weighted by molar-refractivity contribution is -0.117. The molecule has 0 unspecified atom stereocenters. The molecule has 1 saturated carbocycles. The first-order chi connectivity index (χ1) is 7.74. The molecule has 1 aliphatic carbocycles. The summed E-state index contributed by atoms with van der Waals surface area (Å²) in [5.74, 6) is 0.604. The SMILES string of the molecule is Bc1cccc2nc(NC(=O)C3CC3)nn12. The van der Waals surface area contributed by atoms with Crippen molar-refractivity contribution in [3.05, 3.63) is 18.2 Å². The molecule has 0 aromatic carbocycles. The number of hydrogen-bond acceptors (Lipinski definition) is 3. The van der Waals surface area contributed by atoms with Crippen molar-refractivity contribution in [3.8, 4) is 0 Å². The molecule has 6 heteroatoms. The van der Waals surface area contributed by atoms with E-state index in [1.807, 2.05) is 26.0 Å². The summed E-state index contributed by atoms with van der Waals surface area (Å²) in [7, 11) is 1.95. The van der Waals surface area contributed by atoms with Crippen LogP contribution in [0, 0.1) is 5.92 Å². The van der Waals surface area contributed by atoms with E-state index in [2.05, 4.69) is 15.4 Å². The Morgan fingerprint density at radius 2 is 2.31 bits per heavy atom. The quantitative estimate of drug-likeness (QED) is 0.675. The number of rotatable bonds is 2. The maximum atomic E-state index is 11.5. The van der Waals surface area contributed by atoms with E-state index in [0.717, 1.165) is 24.1 Å². The third-order valence-electron chi connectivity index (χ3n) is 2.73. The molecule has 0 radical (unpaired) electrons. The van der Waals surface area contributed by atoms with E-state index in [4.69, 9.17) is 0 Å². The number of anilines is 1. The van der Waals surface area contributed by atoms with Gasteiger partial charge in [0.1, 0.15) is 0 Å². The summed E-state index contributed by atoms with van der Waals surface area (Å²) >= 11 is 0. The third kappa shape index (κ3) is 1.56. The van der Waals surface area contributed by atoms with Crippen molar-refractivity contribution in [2.45, 2.75) is 12.8 Å². The van der Waals surface area contributed by atoms with Gasteiger partial charge in [0.15, 0.2) is 13.5 Å². The first kappa shape index (κ1) is 9.39. The van der Waals surface area contributed by atoms with E-state index in [1.165, 1.54) is 0 Å². The number of carbonyl (C=O) groups excluding carboxylic acids is 1. The molecule has 0 atom stereocenters. The fourth-order valence-electron chi connectivity index (χ4n) is 1.65. The number of carbonyl (C=O) groups is 1. The minimum atomic E-state index is 0.0357. The summed E-state index contributed by atoms with van der Waals surface area (Å²) in [5.41, 5.74) is 1.75. The van der Waals surface area contributed by atoms with E-state index in [-0.39, 0.29) is 11.8 Å². The first-order valence-corrected chi connectivity index (χ1v) is 5.37. The molecular weight excluding hydrogens is 203 g/mol. The van der Waals surface area contributed by atoms with Gasteiger partial charge in [-0.25, -0.2) is 4.52 Å². The van der Waals surface area contributed by atoms with E-state index in [0.29, 0.717) is 5.95 Å². The fraction of sp³-hybridized carbons (Fsp3) is 0.300. The molecule has 2 aromatic heterocycles. The maximum absolute atomic E-state index is 11.5. The van der Waals surface area contributed by atoms with Crippen LogP contribution in [0.2, 0.25) is 0 Å². The summed E-state index contributed by atoms with van der Waals surface area (Å²) in [5, 5.41) is 6.97. The second-order valence-electron chi connectivity index (χ2n) is 4.14. The van der Waals surface area contributed by atoms with Crippen LogP contribution in [0.5, 0.6) is 0 Å². The molecule has 1 amide bonds. The molecular formula is C10H11BN4O. The predicted octanol–water partition coefficient (Wildman–Crippen LogP) is -0.664. The van der Waals surface area contributed by atoms with Crippen LogP contribution in [0.25, 0.3) is 5.65 Å². The lowest BCUT2D eigenvalue weighted by atomic mass is 10.0. The molecule has 1 aliphatic rings. The second-order valence-corrected chi connectivity index (χ2v) is 4.14. The minimum absolute atomic E-state index is 0.0357. The fourth-order valence-corrected chi connectivity index (χ4v) is 1.65. The number of fused-ring (bicyclic) bond motifs is 1. The molecule has 1 N–H and O–H groups in total. The molecule has 16 heavy (non-hydrogen) atoms. The topological polar surface area (TPSA) is 59.3 Å². The average Bonchev–Trinajstić information content (AvgIpc) is 3.01. The molecule has 2 aromatic rings. The molecule has 2 heterocycles. The van der Waals surface area contributed by atoms with E-state index >= 15 is 0 Å². The van der Waals surface area contributed by atoms with Crippen molar-refractivity contribution < 1.29 is 4.79 Å². The van der Waals surface area contributed by atoms with Crippen molar-refractivity contribution in [1.82, 2.24) is 14.6 Å². The van der Waals surface area contributed by atoms with Gasteiger partial charge in [-0.3, -0.25) is 10.1 Å². The van der Waals surface area contributed by atoms with Crippen molar-refractivity contribution in [1.29, 1.82) is 0 Å². The van der Waals surface area contributed by atoms with Crippen molar-refractivity contribution in [3.63, 3.8) is 0 Å². The van der Waals surface area contributed by atoms with E-state index < -0.39 is 0 Å². The monoisotopic (exact) mass is 214 g/mol. The highest BCUT2D eigenvalue weighted by atomic mass is 16.2. The standard InChI is InChI=1S/C10H11BN4O/c11-7-2-1-3-8-12-10(14-15(7)8)13-9(16)6-4-5-6/h1-3,6H,4-5,11H2,(H,13,14,16). The first-order valence-electron chi connectivity index (χ1n) is 5.37. The molecule has 0 bridgehead atoms. The van der Waals surface area contributed by atoms with Gasteiger partial charge in [0.05, 0.1) is 0 Å². The number of nitrogens with one attached hydrogen (secondary N) is 1. The molecule has 0 spiro atoms. The summed E-state index contributed by atoms with van der Waals surface area (Å²) in [6.07, 6.45) is 1.97. The Kier molecular flexibility index (Phi) is 1.95. The Hall–Kier alpha value is -1.85. The van der Waals surface area contributed by atoms with E-state index in [9.17, 15) is 4.79 Å². The van der Waals surface area contributed by atoms with Crippen LogP contribution in [0.4, 0.5) is 5.95 Å². The van der Waals surface area contributed by atoms with E-state index in [1.54, 1.807) is 4.52 Å². The highest BCUT2D eigenvalue weighted by Crippen LogP contribution is 2.29. The van der Waals surface area contributed by atoms with Crippen molar-refractivity contribution in [2.75, 3.05) is 5.32 Å². The Bertz CT molecular complexity index is 561. The van der Waals surface area contributed by atoms with Gasteiger partial charge in [-0.05, 0) is 24.5 Å². The number of pyridine rings is 1. The highest BCUT2D eigenvalue weighted by molar-refractivity contribution is 6.31. The normalized spacial score (nSPS) is 15.2. The number of nitrogens with zero attached hydrogens (tertiary/aromatic N) is 3. The number of amides is 1. The summed E-state index contributed by atoms with van der Waals surface area (Å²) < 4.78 is 1.72. The van der Waals surface area contributed by atoms with Crippen molar-refractivity contribution in [2.24, 2.45) is 5.92 Å².